The van der Waals surface area contributed by atoms with Gasteiger partial charge in [0.15, 0.2) is 5.13 Å². The molecule has 0 spiro atoms. The number of hydrogen-bond acceptors (Lipinski definition) is 4. The highest BCUT2D eigenvalue weighted by molar-refractivity contribution is 7.15. The molecule has 0 aliphatic heterocycles. The number of nitrogens with one attached hydrogen (secondary N) is 1. The second-order valence-electron chi connectivity index (χ2n) is 4.61. The molecular weight excluding hydrogens is 218 g/mol. The maximum Gasteiger partial charge on any atom is 0.185 e. The Morgan fingerprint density at radius 1 is 1.56 bits per heavy atom. The van der Waals surface area contributed by atoms with Gasteiger partial charge in [0.25, 0.3) is 0 Å². The zero-order valence-corrected chi connectivity index (χ0v) is 11.0. The molecule has 16 heavy (non-hydrogen) atoms. The molecule has 0 unspecified atom stereocenters. The van der Waals surface area contributed by atoms with E-state index in [2.05, 4.69) is 29.2 Å². The lowest BCUT2D eigenvalue weighted by atomic mass is 10.4. The summed E-state index contributed by atoms with van der Waals surface area (Å²) in [5, 5.41) is 4.58. The topological polar surface area (TPSA) is 28.2 Å². The minimum Gasteiger partial charge on any atom is -0.351 e. The molecule has 0 saturated heterocycles. The molecule has 1 saturated carbocycles. The second kappa shape index (κ2) is 5.64. The van der Waals surface area contributed by atoms with Gasteiger partial charge in [-0.05, 0) is 31.7 Å². The summed E-state index contributed by atoms with van der Waals surface area (Å²) in [6, 6.07) is 0. The maximum absolute atomic E-state index is 4.48. The molecule has 0 atom stereocenters. The summed E-state index contributed by atoms with van der Waals surface area (Å²) in [5.41, 5.74) is 0. The minimum absolute atomic E-state index is 0.926. The van der Waals surface area contributed by atoms with Crippen LogP contribution in [0, 0.1) is 5.92 Å². The molecule has 1 aliphatic rings. The molecule has 0 bridgehead atoms. The van der Waals surface area contributed by atoms with Gasteiger partial charge in [-0.2, -0.15) is 0 Å². The predicted octanol–water partition coefficient (Wildman–Crippen LogP) is 2.49. The van der Waals surface area contributed by atoms with E-state index in [1.54, 1.807) is 0 Å². The van der Waals surface area contributed by atoms with Crippen molar-refractivity contribution < 1.29 is 0 Å². The van der Waals surface area contributed by atoms with Crippen molar-refractivity contribution in [2.45, 2.75) is 32.7 Å². The lowest BCUT2D eigenvalue weighted by molar-refractivity contribution is 0.681. The van der Waals surface area contributed by atoms with E-state index in [0.717, 1.165) is 19.0 Å². The summed E-state index contributed by atoms with van der Waals surface area (Å²) < 4.78 is 0. The van der Waals surface area contributed by atoms with Crippen LogP contribution in [0.4, 0.5) is 5.13 Å². The number of thiazole rings is 1. The first-order valence-electron chi connectivity index (χ1n) is 6.16. The first kappa shape index (κ1) is 11.9. The van der Waals surface area contributed by atoms with Crippen LogP contribution in [-0.4, -0.2) is 25.1 Å². The van der Waals surface area contributed by atoms with Crippen LogP contribution in [-0.2, 0) is 6.54 Å². The average Bonchev–Trinajstić information content (AvgIpc) is 2.95. The van der Waals surface area contributed by atoms with E-state index in [4.69, 9.17) is 0 Å². The second-order valence-corrected chi connectivity index (χ2v) is 5.70. The molecule has 1 heterocycles. The normalized spacial score (nSPS) is 15.4. The fourth-order valence-corrected chi connectivity index (χ4v) is 2.56. The van der Waals surface area contributed by atoms with Crippen LogP contribution in [0.2, 0.25) is 0 Å². The van der Waals surface area contributed by atoms with Crippen molar-refractivity contribution in [1.82, 2.24) is 10.3 Å². The van der Waals surface area contributed by atoms with Gasteiger partial charge < -0.3 is 10.2 Å². The van der Waals surface area contributed by atoms with Crippen LogP contribution in [0.3, 0.4) is 0 Å². The van der Waals surface area contributed by atoms with Crippen molar-refractivity contribution in [2.24, 2.45) is 5.92 Å². The quantitative estimate of drug-likeness (QED) is 0.741. The zero-order valence-electron chi connectivity index (χ0n) is 10.2. The van der Waals surface area contributed by atoms with Crippen LogP contribution >= 0.6 is 11.3 Å². The molecule has 1 aromatic rings. The zero-order chi connectivity index (χ0) is 11.4. The van der Waals surface area contributed by atoms with Crippen molar-refractivity contribution in [1.29, 1.82) is 0 Å². The van der Waals surface area contributed by atoms with E-state index in [0.29, 0.717) is 0 Å². The van der Waals surface area contributed by atoms with Gasteiger partial charge in [0.1, 0.15) is 0 Å². The number of rotatable bonds is 7. The van der Waals surface area contributed by atoms with Crippen molar-refractivity contribution >= 4 is 16.5 Å². The van der Waals surface area contributed by atoms with Crippen LogP contribution in [0.5, 0.6) is 0 Å². The highest BCUT2D eigenvalue weighted by Crippen LogP contribution is 2.31. The lowest BCUT2D eigenvalue weighted by Crippen LogP contribution is -2.19. The Hall–Kier alpha value is -0.610. The van der Waals surface area contributed by atoms with Gasteiger partial charge in [-0.25, -0.2) is 4.98 Å². The Labute approximate surface area is 102 Å². The molecule has 1 aliphatic carbocycles. The average molecular weight is 239 g/mol. The summed E-state index contributed by atoms with van der Waals surface area (Å²) >= 11 is 1.81. The van der Waals surface area contributed by atoms with Crippen LogP contribution in [0.1, 0.15) is 31.1 Å². The third kappa shape index (κ3) is 3.46. The van der Waals surface area contributed by atoms with Gasteiger partial charge in [-0.3, -0.25) is 0 Å². The van der Waals surface area contributed by atoms with Crippen LogP contribution in [0.25, 0.3) is 0 Å². The molecule has 3 nitrogen and oxygen atoms in total. The standard InChI is InChI=1S/C12H21N3S/c1-3-6-13-7-11-8-14-12(16-11)15(2)9-10-4-5-10/h8,10,13H,3-7,9H2,1-2H3. The molecule has 90 valence electrons. The summed E-state index contributed by atoms with van der Waals surface area (Å²) in [5.74, 6) is 0.926. The molecule has 1 fully saturated rings. The largest absolute Gasteiger partial charge is 0.351 e. The molecule has 2 rings (SSSR count). The number of hydrogen-bond donors (Lipinski definition) is 1. The van der Waals surface area contributed by atoms with E-state index >= 15 is 0 Å². The smallest absolute Gasteiger partial charge is 0.185 e. The Bertz CT molecular complexity index is 320. The van der Waals surface area contributed by atoms with E-state index < -0.39 is 0 Å². The lowest BCUT2D eigenvalue weighted by Gasteiger charge is -2.14. The van der Waals surface area contributed by atoms with Crippen molar-refractivity contribution in [3.8, 4) is 0 Å². The van der Waals surface area contributed by atoms with Gasteiger partial charge >= 0.3 is 0 Å². The summed E-state index contributed by atoms with van der Waals surface area (Å²) in [6.45, 7) is 5.41. The summed E-state index contributed by atoms with van der Waals surface area (Å²) in [6.07, 6.45) is 6.00. The summed E-state index contributed by atoms with van der Waals surface area (Å²) in [4.78, 5) is 8.12. The number of aromatic nitrogens is 1. The van der Waals surface area contributed by atoms with Gasteiger partial charge in [0.2, 0.25) is 0 Å². The van der Waals surface area contributed by atoms with E-state index in [-0.39, 0.29) is 0 Å². The monoisotopic (exact) mass is 239 g/mol. The third-order valence-corrected chi connectivity index (χ3v) is 3.93. The van der Waals surface area contributed by atoms with Gasteiger partial charge in [-0.1, -0.05) is 6.92 Å². The van der Waals surface area contributed by atoms with Crippen molar-refractivity contribution in [3.63, 3.8) is 0 Å². The highest BCUT2D eigenvalue weighted by Gasteiger charge is 2.23. The van der Waals surface area contributed by atoms with Gasteiger partial charge in [-0.15, -0.1) is 11.3 Å². The maximum atomic E-state index is 4.48. The molecule has 0 amide bonds. The Morgan fingerprint density at radius 2 is 2.38 bits per heavy atom. The molecule has 1 N–H and O–H groups in total. The minimum atomic E-state index is 0.926. The molecule has 4 heteroatoms. The Morgan fingerprint density at radius 3 is 3.06 bits per heavy atom. The first-order valence-corrected chi connectivity index (χ1v) is 6.97. The SMILES string of the molecule is CCCNCc1cnc(N(C)CC2CC2)s1. The van der Waals surface area contributed by atoms with Crippen LogP contribution < -0.4 is 10.2 Å². The molecule has 0 radical (unpaired) electrons. The fourth-order valence-electron chi connectivity index (χ4n) is 1.71. The van der Waals surface area contributed by atoms with Crippen molar-refractivity contribution in [3.05, 3.63) is 11.1 Å². The van der Waals surface area contributed by atoms with Gasteiger partial charge in [0, 0.05) is 31.2 Å². The highest BCUT2D eigenvalue weighted by atomic mass is 32.1. The van der Waals surface area contributed by atoms with Crippen molar-refractivity contribution in [2.75, 3.05) is 25.0 Å². The van der Waals surface area contributed by atoms with E-state index in [1.165, 1.54) is 35.8 Å². The first-order chi connectivity index (χ1) is 7.79. The van der Waals surface area contributed by atoms with Crippen LogP contribution in [0.15, 0.2) is 6.20 Å². The van der Waals surface area contributed by atoms with Gasteiger partial charge in [0.05, 0.1) is 0 Å². The third-order valence-electron chi connectivity index (χ3n) is 2.82. The van der Waals surface area contributed by atoms with E-state index in [9.17, 15) is 0 Å². The van der Waals surface area contributed by atoms with E-state index in [1.807, 2.05) is 17.5 Å². The molecule has 1 aromatic heterocycles. The fraction of sp³-hybridized carbons (Fsp3) is 0.750. The summed E-state index contributed by atoms with van der Waals surface area (Å²) in [7, 11) is 2.15. The molecular formula is C12H21N3S. The Kier molecular flexibility index (Phi) is 4.18. The number of nitrogens with zero attached hydrogens (tertiary/aromatic N) is 2. The Balaban J connectivity index is 1.80. The predicted molar refractivity (Wildman–Crippen MR) is 70.1 cm³/mol. The number of anilines is 1. The molecule has 0 aromatic carbocycles.